The van der Waals surface area contributed by atoms with Crippen LogP contribution in [-0.4, -0.2) is 17.4 Å². The van der Waals surface area contributed by atoms with Crippen LogP contribution in [0.25, 0.3) is 0 Å². The summed E-state index contributed by atoms with van der Waals surface area (Å²) in [6.07, 6.45) is 4.05. The number of rotatable bonds is 4. The van der Waals surface area contributed by atoms with E-state index in [0.717, 1.165) is 10.9 Å². The zero-order valence-corrected chi connectivity index (χ0v) is 12.3. The highest BCUT2D eigenvalue weighted by Gasteiger charge is 2.05. The van der Waals surface area contributed by atoms with Gasteiger partial charge in [-0.2, -0.15) is 0 Å². The first-order valence-corrected chi connectivity index (χ1v) is 6.89. The van der Waals surface area contributed by atoms with Gasteiger partial charge in [-0.25, -0.2) is 0 Å². The van der Waals surface area contributed by atoms with Crippen molar-refractivity contribution >= 4 is 21.8 Å². The van der Waals surface area contributed by atoms with E-state index in [2.05, 4.69) is 51.4 Å². The summed E-state index contributed by atoms with van der Waals surface area (Å²) in [5.41, 5.74) is 3.03. The van der Waals surface area contributed by atoms with E-state index in [1.54, 1.807) is 18.5 Å². The van der Waals surface area contributed by atoms with E-state index in [4.69, 9.17) is 0 Å². The highest BCUT2D eigenvalue weighted by atomic mass is 79.9. The Kier molecular flexibility index (Phi) is 4.68. The van der Waals surface area contributed by atoms with Crippen molar-refractivity contribution in [3.63, 3.8) is 0 Å². The summed E-state index contributed by atoms with van der Waals surface area (Å²) in [7, 11) is 0. The maximum Gasteiger partial charge on any atom is 0.252 e. The summed E-state index contributed by atoms with van der Waals surface area (Å²) in [6.45, 7) is 2.68. The van der Waals surface area contributed by atoms with Crippen LogP contribution in [0.2, 0.25) is 0 Å². The van der Waals surface area contributed by atoms with Crippen molar-refractivity contribution in [1.82, 2.24) is 10.3 Å². The standard InChI is InChI=1S/C15H15BrN2O/c1-11-3-2-4-12(7-11)5-6-18-15(19)13-8-14(16)10-17-9-13/h2-4,7-10H,5-6H2,1H3,(H,18,19). The quantitative estimate of drug-likeness (QED) is 0.941. The Bertz CT molecular complexity index is 584. The zero-order chi connectivity index (χ0) is 13.7. The van der Waals surface area contributed by atoms with Crippen molar-refractivity contribution in [2.45, 2.75) is 13.3 Å². The number of hydrogen-bond acceptors (Lipinski definition) is 2. The Labute approximate surface area is 121 Å². The highest BCUT2D eigenvalue weighted by Crippen LogP contribution is 2.09. The second-order valence-electron chi connectivity index (χ2n) is 4.39. The predicted molar refractivity (Wildman–Crippen MR) is 79.2 cm³/mol. The van der Waals surface area contributed by atoms with Crippen molar-refractivity contribution in [2.75, 3.05) is 6.54 Å². The molecule has 2 aromatic rings. The minimum Gasteiger partial charge on any atom is -0.352 e. The Balaban J connectivity index is 1.87. The molecular weight excluding hydrogens is 304 g/mol. The third kappa shape index (κ3) is 4.17. The number of pyridine rings is 1. The monoisotopic (exact) mass is 318 g/mol. The lowest BCUT2D eigenvalue weighted by molar-refractivity contribution is 0.0953. The van der Waals surface area contributed by atoms with Crippen LogP contribution in [0.3, 0.4) is 0 Å². The molecule has 1 amide bonds. The van der Waals surface area contributed by atoms with Gasteiger partial charge in [-0.15, -0.1) is 0 Å². The third-order valence-electron chi connectivity index (χ3n) is 2.75. The van der Waals surface area contributed by atoms with Crippen molar-refractivity contribution in [3.8, 4) is 0 Å². The largest absolute Gasteiger partial charge is 0.352 e. The molecule has 0 unspecified atom stereocenters. The van der Waals surface area contributed by atoms with E-state index in [-0.39, 0.29) is 5.91 Å². The number of halogens is 1. The third-order valence-corrected chi connectivity index (χ3v) is 3.18. The number of carbonyl (C=O) groups is 1. The zero-order valence-electron chi connectivity index (χ0n) is 10.7. The molecule has 0 atom stereocenters. The molecule has 0 radical (unpaired) electrons. The van der Waals surface area contributed by atoms with E-state index in [1.165, 1.54) is 11.1 Å². The molecule has 98 valence electrons. The smallest absolute Gasteiger partial charge is 0.252 e. The molecule has 1 aromatic carbocycles. The lowest BCUT2D eigenvalue weighted by atomic mass is 10.1. The van der Waals surface area contributed by atoms with E-state index in [9.17, 15) is 4.79 Å². The summed E-state index contributed by atoms with van der Waals surface area (Å²) in [4.78, 5) is 15.9. The number of hydrogen-bond donors (Lipinski definition) is 1. The number of amides is 1. The number of carbonyl (C=O) groups excluding carboxylic acids is 1. The second-order valence-corrected chi connectivity index (χ2v) is 5.30. The molecule has 1 heterocycles. The maximum absolute atomic E-state index is 11.9. The normalized spacial score (nSPS) is 10.2. The van der Waals surface area contributed by atoms with Gasteiger partial charge in [0.15, 0.2) is 0 Å². The molecule has 0 aliphatic heterocycles. The maximum atomic E-state index is 11.9. The molecule has 0 spiro atoms. The second kappa shape index (κ2) is 6.48. The van der Waals surface area contributed by atoms with Crippen LogP contribution in [0.15, 0.2) is 47.2 Å². The molecule has 0 aliphatic carbocycles. The van der Waals surface area contributed by atoms with Gasteiger partial charge in [-0.05, 0) is 40.9 Å². The van der Waals surface area contributed by atoms with Gasteiger partial charge in [0.25, 0.3) is 5.91 Å². The van der Waals surface area contributed by atoms with Crippen molar-refractivity contribution in [1.29, 1.82) is 0 Å². The number of benzene rings is 1. The minimum absolute atomic E-state index is 0.0959. The molecular formula is C15H15BrN2O. The molecule has 0 fully saturated rings. The van der Waals surface area contributed by atoms with Gasteiger partial charge in [-0.3, -0.25) is 9.78 Å². The lowest BCUT2D eigenvalue weighted by Crippen LogP contribution is -2.25. The first kappa shape index (κ1) is 13.7. The van der Waals surface area contributed by atoms with Crippen molar-refractivity contribution < 1.29 is 4.79 Å². The van der Waals surface area contributed by atoms with Crippen LogP contribution in [-0.2, 0) is 6.42 Å². The summed E-state index contributed by atoms with van der Waals surface area (Å²) >= 11 is 3.30. The van der Waals surface area contributed by atoms with Crippen LogP contribution in [0, 0.1) is 6.92 Å². The summed E-state index contributed by atoms with van der Waals surface area (Å²) in [5, 5.41) is 2.89. The molecule has 0 saturated carbocycles. The fourth-order valence-electron chi connectivity index (χ4n) is 1.83. The molecule has 4 heteroatoms. The van der Waals surface area contributed by atoms with Crippen LogP contribution < -0.4 is 5.32 Å². The molecule has 1 aromatic heterocycles. The van der Waals surface area contributed by atoms with Gasteiger partial charge >= 0.3 is 0 Å². The van der Waals surface area contributed by atoms with Gasteiger partial charge in [0.1, 0.15) is 0 Å². The molecule has 0 bridgehead atoms. The molecule has 0 saturated heterocycles. The average Bonchev–Trinajstić information content (AvgIpc) is 2.38. The highest BCUT2D eigenvalue weighted by molar-refractivity contribution is 9.10. The number of aromatic nitrogens is 1. The van der Waals surface area contributed by atoms with E-state index in [1.807, 2.05) is 6.07 Å². The predicted octanol–water partition coefficient (Wildman–Crippen LogP) is 3.13. The van der Waals surface area contributed by atoms with E-state index < -0.39 is 0 Å². The number of nitrogens with zero attached hydrogens (tertiary/aromatic N) is 1. The minimum atomic E-state index is -0.0959. The lowest BCUT2D eigenvalue weighted by Gasteiger charge is -2.06. The van der Waals surface area contributed by atoms with Gasteiger partial charge in [0.2, 0.25) is 0 Å². The molecule has 19 heavy (non-hydrogen) atoms. The molecule has 1 N–H and O–H groups in total. The first-order valence-electron chi connectivity index (χ1n) is 6.09. The first-order chi connectivity index (χ1) is 9.15. The van der Waals surface area contributed by atoms with Crippen LogP contribution in [0.5, 0.6) is 0 Å². The fraction of sp³-hybridized carbons (Fsp3) is 0.200. The Morgan fingerprint density at radius 2 is 2.16 bits per heavy atom. The SMILES string of the molecule is Cc1cccc(CCNC(=O)c2cncc(Br)c2)c1. The van der Waals surface area contributed by atoms with E-state index >= 15 is 0 Å². The molecule has 0 aliphatic rings. The summed E-state index contributed by atoms with van der Waals surface area (Å²) < 4.78 is 0.804. The van der Waals surface area contributed by atoms with Crippen molar-refractivity contribution in [3.05, 3.63) is 63.9 Å². The van der Waals surface area contributed by atoms with Gasteiger partial charge in [0.05, 0.1) is 5.56 Å². The van der Waals surface area contributed by atoms with Gasteiger partial charge < -0.3 is 5.32 Å². The van der Waals surface area contributed by atoms with Crippen LogP contribution in [0.4, 0.5) is 0 Å². The molecule has 2 rings (SSSR count). The van der Waals surface area contributed by atoms with Crippen LogP contribution >= 0.6 is 15.9 Å². The Hall–Kier alpha value is -1.68. The fourth-order valence-corrected chi connectivity index (χ4v) is 2.19. The Morgan fingerprint density at radius 3 is 2.89 bits per heavy atom. The topological polar surface area (TPSA) is 42.0 Å². The average molecular weight is 319 g/mol. The number of aryl methyl sites for hydroxylation is 1. The van der Waals surface area contributed by atoms with Gasteiger partial charge in [-0.1, -0.05) is 29.8 Å². The van der Waals surface area contributed by atoms with Gasteiger partial charge in [0, 0.05) is 23.4 Å². The number of nitrogens with one attached hydrogen (secondary N) is 1. The van der Waals surface area contributed by atoms with Crippen molar-refractivity contribution in [2.24, 2.45) is 0 Å². The Morgan fingerprint density at radius 1 is 1.32 bits per heavy atom. The summed E-state index contributed by atoms with van der Waals surface area (Å²) in [6, 6.07) is 10.1. The van der Waals surface area contributed by atoms with E-state index in [0.29, 0.717) is 12.1 Å². The van der Waals surface area contributed by atoms with Crippen LogP contribution in [0.1, 0.15) is 21.5 Å². The summed E-state index contributed by atoms with van der Waals surface area (Å²) in [5.74, 6) is -0.0959. The molecule has 3 nitrogen and oxygen atoms in total.